The summed E-state index contributed by atoms with van der Waals surface area (Å²) in [6.07, 6.45) is 4.19. The number of nitrogens with one attached hydrogen (secondary N) is 2. The number of para-hydroxylation sites is 2. The maximum atomic E-state index is 4.63. The first kappa shape index (κ1) is 17.3. The van der Waals surface area contributed by atoms with Gasteiger partial charge in [0.05, 0.1) is 11.0 Å². The number of imidazole rings is 1. The summed E-state index contributed by atoms with van der Waals surface area (Å²) in [6, 6.07) is 18.8. The zero-order valence-corrected chi connectivity index (χ0v) is 15.7. The number of benzene rings is 2. The fraction of sp³-hybridized carbons (Fsp3) is 0.273. The van der Waals surface area contributed by atoms with Crippen LogP contribution >= 0.6 is 0 Å². The predicted octanol–water partition coefficient (Wildman–Crippen LogP) is 3.47. The molecule has 2 heterocycles. The van der Waals surface area contributed by atoms with Crippen LogP contribution in [0, 0.1) is 0 Å². The van der Waals surface area contributed by atoms with Crippen LogP contribution in [0.2, 0.25) is 0 Å². The zero-order valence-electron chi connectivity index (χ0n) is 15.7. The maximum Gasteiger partial charge on any atom is 0.193 e. The Bertz CT molecular complexity index is 922. The molecule has 0 saturated carbocycles. The number of hydrogen-bond donors (Lipinski definition) is 2. The maximum absolute atomic E-state index is 4.63. The smallest absolute Gasteiger partial charge is 0.193 e. The van der Waals surface area contributed by atoms with Crippen molar-refractivity contribution in [2.24, 2.45) is 4.99 Å². The highest BCUT2D eigenvalue weighted by Gasteiger charge is 2.16. The number of rotatable bonds is 4. The van der Waals surface area contributed by atoms with Crippen LogP contribution < -0.4 is 5.32 Å². The van der Waals surface area contributed by atoms with E-state index in [2.05, 4.69) is 67.7 Å². The van der Waals surface area contributed by atoms with Crippen LogP contribution in [0.4, 0.5) is 0 Å². The number of fused-ring (bicyclic) bond motifs is 1. The van der Waals surface area contributed by atoms with Gasteiger partial charge in [-0.25, -0.2) is 4.98 Å². The fourth-order valence-corrected chi connectivity index (χ4v) is 3.52. The molecule has 2 aromatic carbocycles. The van der Waals surface area contributed by atoms with Crippen LogP contribution in [0.25, 0.3) is 16.6 Å². The first-order chi connectivity index (χ1) is 13.3. The third-order valence-electron chi connectivity index (χ3n) is 4.95. The van der Waals surface area contributed by atoms with E-state index in [1.165, 1.54) is 11.1 Å². The molecule has 0 spiro atoms. The molecule has 1 aromatic heterocycles. The highest BCUT2D eigenvalue weighted by molar-refractivity contribution is 5.81. The normalized spacial score (nSPS) is 15.1. The van der Waals surface area contributed by atoms with Gasteiger partial charge in [0.2, 0.25) is 0 Å². The Morgan fingerprint density at radius 3 is 2.70 bits per heavy atom. The quantitative estimate of drug-likeness (QED) is 0.554. The molecule has 5 nitrogen and oxygen atoms in total. The molecule has 0 amide bonds. The molecule has 0 radical (unpaired) electrons. The second kappa shape index (κ2) is 8.08. The highest BCUT2D eigenvalue weighted by atomic mass is 15.3. The highest BCUT2D eigenvalue weighted by Crippen LogP contribution is 2.21. The minimum absolute atomic E-state index is 0.804. The molecule has 0 aliphatic carbocycles. The van der Waals surface area contributed by atoms with Gasteiger partial charge in [-0.3, -0.25) is 4.99 Å². The molecule has 0 saturated heterocycles. The van der Waals surface area contributed by atoms with Gasteiger partial charge in [0, 0.05) is 33.1 Å². The Balaban J connectivity index is 1.32. The number of aromatic nitrogens is 2. The van der Waals surface area contributed by atoms with E-state index in [1.54, 1.807) is 0 Å². The third kappa shape index (κ3) is 4.03. The van der Waals surface area contributed by atoms with Gasteiger partial charge < -0.3 is 15.2 Å². The molecule has 0 fully saturated rings. The van der Waals surface area contributed by atoms with E-state index in [1.807, 2.05) is 25.2 Å². The lowest BCUT2D eigenvalue weighted by atomic mass is 10.00. The van der Waals surface area contributed by atoms with E-state index < -0.39 is 0 Å². The van der Waals surface area contributed by atoms with Crippen LogP contribution in [-0.2, 0) is 6.42 Å². The van der Waals surface area contributed by atoms with Crippen LogP contribution in [0.5, 0.6) is 0 Å². The topological polar surface area (TPSA) is 56.3 Å². The second-order valence-corrected chi connectivity index (χ2v) is 6.72. The van der Waals surface area contributed by atoms with E-state index in [9.17, 15) is 0 Å². The van der Waals surface area contributed by atoms with Gasteiger partial charge in [0.25, 0.3) is 0 Å². The molecule has 5 heteroatoms. The van der Waals surface area contributed by atoms with E-state index in [0.717, 1.165) is 55.3 Å². The average molecular weight is 359 g/mol. The lowest BCUT2D eigenvalue weighted by Gasteiger charge is -2.29. The van der Waals surface area contributed by atoms with Gasteiger partial charge in [-0.2, -0.15) is 0 Å². The van der Waals surface area contributed by atoms with E-state index in [0.29, 0.717) is 0 Å². The number of H-pyrrole nitrogens is 1. The van der Waals surface area contributed by atoms with Crippen molar-refractivity contribution in [1.82, 2.24) is 20.2 Å². The van der Waals surface area contributed by atoms with E-state index in [4.69, 9.17) is 0 Å². The molecular weight excluding hydrogens is 334 g/mol. The molecule has 0 atom stereocenters. The molecule has 0 bridgehead atoms. The molecule has 138 valence electrons. The largest absolute Gasteiger partial charge is 0.356 e. The monoisotopic (exact) mass is 359 g/mol. The predicted molar refractivity (Wildman–Crippen MR) is 112 cm³/mol. The summed E-state index contributed by atoms with van der Waals surface area (Å²) in [4.78, 5) is 14.8. The van der Waals surface area contributed by atoms with Crippen LogP contribution in [0.15, 0.2) is 65.7 Å². The molecule has 4 rings (SSSR count). The molecule has 27 heavy (non-hydrogen) atoms. The van der Waals surface area contributed by atoms with Crippen molar-refractivity contribution in [2.45, 2.75) is 12.8 Å². The molecule has 1 aliphatic rings. The van der Waals surface area contributed by atoms with Crippen LogP contribution in [0.3, 0.4) is 0 Å². The van der Waals surface area contributed by atoms with Crippen molar-refractivity contribution in [3.63, 3.8) is 0 Å². The molecular formula is C22H25N5. The summed E-state index contributed by atoms with van der Waals surface area (Å²) < 4.78 is 0. The summed E-state index contributed by atoms with van der Waals surface area (Å²) in [5.74, 6) is 1.96. The summed E-state index contributed by atoms with van der Waals surface area (Å²) in [6.45, 7) is 2.66. The molecule has 0 unspecified atom stereocenters. The molecule has 2 N–H and O–H groups in total. The van der Waals surface area contributed by atoms with Gasteiger partial charge in [0.1, 0.15) is 5.82 Å². The second-order valence-electron chi connectivity index (χ2n) is 6.72. The van der Waals surface area contributed by atoms with Crippen molar-refractivity contribution < 1.29 is 0 Å². The Labute approximate surface area is 159 Å². The third-order valence-corrected chi connectivity index (χ3v) is 4.95. The zero-order chi connectivity index (χ0) is 18.5. The summed E-state index contributed by atoms with van der Waals surface area (Å²) >= 11 is 0. The average Bonchev–Trinajstić information content (AvgIpc) is 3.15. The standard InChI is InChI=1S/C22H25N5/c1-23-22(24-14-11-21-25-19-9-5-6-10-20(19)26-21)27-15-12-18(13-16-27)17-7-3-2-4-8-17/h2-10,12H,11,13-16H2,1H3,(H,23,24)(H,25,26). The SMILES string of the molecule is CN=C(NCCc1nc2ccccc2[nH]1)N1CC=C(c2ccccc2)CC1. The van der Waals surface area contributed by atoms with Crippen molar-refractivity contribution in [3.8, 4) is 0 Å². The Kier molecular flexibility index (Phi) is 5.19. The number of nitrogens with zero attached hydrogens (tertiary/aromatic N) is 3. The number of aliphatic imine (C=N–C) groups is 1. The number of aromatic amines is 1. The minimum Gasteiger partial charge on any atom is -0.356 e. The van der Waals surface area contributed by atoms with Crippen LogP contribution in [-0.4, -0.2) is 47.5 Å². The van der Waals surface area contributed by atoms with E-state index >= 15 is 0 Å². The summed E-state index contributed by atoms with van der Waals surface area (Å²) in [5.41, 5.74) is 4.85. The van der Waals surface area contributed by atoms with Gasteiger partial charge in [-0.15, -0.1) is 0 Å². The first-order valence-corrected chi connectivity index (χ1v) is 9.47. The van der Waals surface area contributed by atoms with Gasteiger partial charge >= 0.3 is 0 Å². The lowest BCUT2D eigenvalue weighted by molar-refractivity contribution is 0.440. The summed E-state index contributed by atoms with van der Waals surface area (Å²) in [7, 11) is 1.85. The Morgan fingerprint density at radius 1 is 1.15 bits per heavy atom. The minimum atomic E-state index is 0.804. The number of guanidine groups is 1. The Hall–Kier alpha value is -3.08. The van der Waals surface area contributed by atoms with Gasteiger partial charge in [0.15, 0.2) is 5.96 Å². The van der Waals surface area contributed by atoms with Crippen molar-refractivity contribution in [2.75, 3.05) is 26.7 Å². The Morgan fingerprint density at radius 2 is 1.96 bits per heavy atom. The number of hydrogen-bond acceptors (Lipinski definition) is 2. The van der Waals surface area contributed by atoms with Crippen molar-refractivity contribution in [1.29, 1.82) is 0 Å². The van der Waals surface area contributed by atoms with Crippen LogP contribution in [0.1, 0.15) is 17.8 Å². The fourth-order valence-electron chi connectivity index (χ4n) is 3.52. The van der Waals surface area contributed by atoms with Gasteiger partial charge in [-0.05, 0) is 29.7 Å². The molecule has 3 aromatic rings. The van der Waals surface area contributed by atoms with Crippen molar-refractivity contribution >= 4 is 22.6 Å². The van der Waals surface area contributed by atoms with Crippen molar-refractivity contribution in [3.05, 3.63) is 72.1 Å². The summed E-state index contributed by atoms with van der Waals surface area (Å²) in [5, 5.41) is 3.47. The van der Waals surface area contributed by atoms with E-state index in [-0.39, 0.29) is 0 Å². The first-order valence-electron chi connectivity index (χ1n) is 9.47. The van der Waals surface area contributed by atoms with Gasteiger partial charge in [-0.1, -0.05) is 48.5 Å². The lowest BCUT2D eigenvalue weighted by Crippen LogP contribution is -2.44. The molecule has 1 aliphatic heterocycles.